The number of hydrogen-bond acceptors (Lipinski definition) is 2. The summed E-state index contributed by atoms with van der Waals surface area (Å²) in [4.78, 5) is 14.9. The molecule has 3 fully saturated rings. The van der Waals surface area contributed by atoms with Crippen LogP contribution in [0.25, 0.3) is 0 Å². The number of aliphatic hydroxyl groups excluding tert-OH is 1. The van der Waals surface area contributed by atoms with E-state index >= 15 is 0 Å². The molecule has 0 spiro atoms. The molecule has 0 aromatic carbocycles. The van der Waals surface area contributed by atoms with Gasteiger partial charge in [-0.15, -0.1) is 0 Å². The second kappa shape index (κ2) is 4.76. The zero-order chi connectivity index (χ0) is 13.6. The van der Waals surface area contributed by atoms with Crippen LogP contribution in [0.5, 0.6) is 0 Å². The monoisotopic (exact) mass is 265 g/mol. The second-order valence-corrected chi connectivity index (χ2v) is 7.60. The molecule has 3 aliphatic rings. The molecular weight excluding hydrogens is 238 g/mol. The van der Waals surface area contributed by atoms with Gasteiger partial charge in [0, 0.05) is 24.9 Å². The normalized spacial score (nSPS) is 41.3. The van der Waals surface area contributed by atoms with Crippen molar-refractivity contribution in [2.45, 2.75) is 58.5 Å². The van der Waals surface area contributed by atoms with E-state index < -0.39 is 0 Å². The van der Waals surface area contributed by atoms with Crippen LogP contribution < -0.4 is 0 Å². The summed E-state index contributed by atoms with van der Waals surface area (Å²) < 4.78 is 0. The average molecular weight is 265 g/mol. The summed E-state index contributed by atoms with van der Waals surface area (Å²) in [7, 11) is 0. The van der Waals surface area contributed by atoms with Crippen LogP contribution in [-0.4, -0.2) is 35.1 Å². The first-order valence-electron chi connectivity index (χ1n) is 7.96. The number of amides is 1. The molecule has 1 N–H and O–H groups in total. The van der Waals surface area contributed by atoms with Crippen molar-refractivity contribution in [3.8, 4) is 0 Å². The topological polar surface area (TPSA) is 40.5 Å². The molecule has 1 saturated heterocycles. The maximum atomic E-state index is 12.8. The fourth-order valence-corrected chi connectivity index (χ4v) is 4.59. The van der Waals surface area contributed by atoms with Crippen molar-refractivity contribution in [2.24, 2.45) is 23.2 Å². The Hall–Kier alpha value is -0.570. The van der Waals surface area contributed by atoms with Crippen LogP contribution in [-0.2, 0) is 4.79 Å². The highest BCUT2D eigenvalue weighted by atomic mass is 16.3. The molecule has 3 heteroatoms. The first-order valence-corrected chi connectivity index (χ1v) is 7.96. The van der Waals surface area contributed by atoms with E-state index in [0.717, 1.165) is 32.4 Å². The SMILES string of the molecule is CC1(C)CCCCC1C(=O)N1CC2CCC(O)C2C1. The highest BCUT2D eigenvalue weighted by Crippen LogP contribution is 2.44. The van der Waals surface area contributed by atoms with Gasteiger partial charge in [0.1, 0.15) is 0 Å². The second-order valence-electron chi connectivity index (χ2n) is 7.60. The molecular formula is C16H27NO2. The van der Waals surface area contributed by atoms with E-state index in [1.54, 1.807) is 0 Å². The number of likely N-dealkylation sites (tertiary alicyclic amines) is 1. The lowest BCUT2D eigenvalue weighted by molar-refractivity contribution is -0.140. The number of rotatable bonds is 1. The molecule has 4 atom stereocenters. The Bertz CT molecular complexity index is 366. The van der Waals surface area contributed by atoms with Crippen LogP contribution in [0.1, 0.15) is 52.4 Å². The quantitative estimate of drug-likeness (QED) is 0.791. The average Bonchev–Trinajstić information content (AvgIpc) is 2.91. The van der Waals surface area contributed by atoms with Crippen LogP contribution in [0.3, 0.4) is 0 Å². The predicted octanol–water partition coefficient (Wildman–Crippen LogP) is 2.43. The molecule has 108 valence electrons. The molecule has 2 aliphatic carbocycles. The van der Waals surface area contributed by atoms with Gasteiger partial charge in [-0.2, -0.15) is 0 Å². The van der Waals surface area contributed by atoms with Gasteiger partial charge >= 0.3 is 0 Å². The van der Waals surface area contributed by atoms with E-state index in [1.807, 2.05) is 0 Å². The minimum absolute atomic E-state index is 0.158. The van der Waals surface area contributed by atoms with Gasteiger partial charge < -0.3 is 10.0 Å². The third-order valence-corrected chi connectivity index (χ3v) is 5.94. The highest BCUT2D eigenvalue weighted by Gasteiger charge is 2.46. The zero-order valence-electron chi connectivity index (χ0n) is 12.3. The third-order valence-electron chi connectivity index (χ3n) is 5.94. The van der Waals surface area contributed by atoms with Crippen LogP contribution >= 0.6 is 0 Å². The molecule has 1 heterocycles. The van der Waals surface area contributed by atoms with Crippen molar-refractivity contribution in [1.29, 1.82) is 0 Å². The van der Waals surface area contributed by atoms with Crippen molar-refractivity contribution in [3.05, 3.63) is 0 Å². The first-order chi connectivity index (χ1) is 8.99. The Morgan fingerprint density at radius 2 is 1.95 bits per heavy atom. The molecule has 3 rings (SSSR count). The van der Waals surface area contributed by atoms with Gasteiger partial charge in [0.2, 0.25) is 5.91 Å². The van der Waals surface area contributed by atoms with E-state index in [0.29, 0.717) is 17.7 Å². The van der Waals surface area contributed by atoms with Gasteiger partial charge in [-0.1, -0.05) is 26.7 Å². The number of carbonyl (C=O) groups excluding carboxylic acids is 1. The summed E-state index contributed by atoms with van der Waals surface area (Å²) >= 11 is 0. The smallest absolute Gasteiger partial charge is 0.226 e. The summed E-state index contributed by atoms with van der Waals surface area (Å²) in [5.74, 6) is 1.49. The van der Waals surface area contributed by atoms with Gasteiger partial charge in [0.25, 0.3) is 0 Å². The molecule has 0 aromatic rings. The lowest BCUT2D eigenvalue weighted by Crippen LogP contribution is -2.43. The molecule has 1 aliphatic heterocycles. The maximum absolute atomic E-state index is 12.8. The Morgan fingerprint density at radius 1 is 1.16 bits per heavy atom. The number of aliphatic hydroxyl groups is 1. The zero-order valence-corrected chi connectivity index (χ0v) is 12.3. The van der Waals surface area contributed by atoms with Crippen molar-refractivity contribution in [1.82, 2.24) is 4.90 Å². The molecule has 4 unspecified atom stereocenters. The molecule has 2 saturated carbocycles. The number of carbonyl (C=O) groups is 1. The number of fused-ring (bicyclic) bond motifs is 1. The number of hydrogen-bond donors (Lipinski definition) is 1. The lowest BCUT2D eigenvalue weighted by atomic mass is 9.68. The standard InChI is InChI=1S/C16H27NO2/c1-16(2)8-4-3-5-13(16)15(19)17-9-11-6-7-14(18)12(11)10-17/h11-14,18H,3-10H2,1-2H3. The Balaban J connectivity index is 1.68. The van der Waals surface area contributed by atoms with E-state index in [4.69, 9.17) is 0 Å². The minimum atomic E-state index is -0.165. The van der Waals surface area contributed by atoms with Crippen molar-refractivity contribution in [2.75, 3.05) is 13.1 Å². The third kappa shape index (κ3) is 2.31. The lowest BCUT2D eigenvalue weighted by Gasteiger charge is -2.39. The Morgan fingerprint density at radius 3 is 2.63 bits per heavy atom. The van der Waals surface area contributed by atoms with Crippen LogP contribution in [0.2, 0.25) is 0 Å². The fourth-order valence-electron chi connectivity index (χ4n) is 4.59. The van der Waals surface area contributed by atoms with Gasteiger partial charge in [-0.05, 0) is 37.0 Å². The van der Waals surface area contributed by atoms with E-state index in [9.17, 15) is 9.90 Å². The predicted molar refractivity (Wildman–Crippen MR) is 74.5 cm³/mol. The van der Waals surface area contributed by atoms with Crippen molar-refractivity contribution < 1.29 is 9.90 Å². The summed E-state index contributed by atoms with van der Waals surface area (Å²) in [6.07, 6.45) is 6.56. The van der Waals surface area contributed by atoms with Crippen molar-refractivity contribution >= 4 is 5.91 Å². The molecule has 1 amide bonds. The highest BCUT2D eigenvalue weighted by molar-refractivity contribution is 5.80. The van der Waals surface area contributed by atoms with Gasteiger partial charge in [-0.3, -0.25) is 4.79 Å². The summed E-state index contributed by atoms with van der Waals surface area (Å²) in [5.41, 5.74) is 0.158. The number of nitrogens with zero attached hydrogens (tertiary/aromatic N) is 1. The Labute approximate surface area is 116 Å². The van der Waals surface area contributed by atoms with Gasteiger partial charge in [0.05, 0.1) is 6.10 Å². The summed E-state index contributed by atoms with van der Waals surface area (Å²) in [6, 6.07) is 0. The first kappa shape index (κ1) is 13.4. The molecule has 3 nitrogen and oxygen atoms in total. The van der Waals surface area contributed by atoms with E-state index in [2.05, 4.69) is 18.7 Å². The van der Waals surface area contributed by atoms with Crippen LogP contribution in [0.15, 0.2) is 0 Å². The van der Waals surface area contributed by atoms with Crippen LogP contribution in [0.4, 0.5) is 0 Å². The molecule has 19 heavy (non-hydrogen) atoms. The largest absolute Gasteiger partial charge is 0.393 e. The fraction of sp³-hybridized carbons (Fsp3) is 0.938. The molecule has 0 aromatic heterocycles. The maximum Gasteiger partial charge on any atom is 0.226 e. The van der Waals surface area contributed by atoms with Gasteiger partial charge in [0.15, 0.2) is 0 Å². The summed E-state index contributed by atoms with van der Waals surface area (Å²) in [6.45, 7) is 6.20. The van der Waals surface area contributed by atoms with E-state index in [1.165, 1.54) is 19.3 Å². The van der Waals surface area contributed by atoms with Crippen LogP contribution in [0, 0.1) is 23.2 Å². The summed E-state index contributed by atoms with van der Waals surface area (Å²) in [5, 5.41) is 9.97. The van der Waals surface area contributed by atoms with Gasteiger partial charge in [-0.25, -0.2) is 0 Å². The molecule has 0 radical (unpaired) electrons. The minimum Gasteiger partial charge on any atom is -0.393 e. The molecule has 0 bridgehead atoms. The van der Waals surface area contributed by atoms with E-state index in [-0.39, 0.29) is 17.4 Å². The Kier molecular flexibility index (Phi) is 3.36. The van der Waals surface area contributed by atoms with Crippen molar-refractivity contribution in [3.63, 3.8) is 0 Å².